The quantitative estimate of drug-likeness (QED) is 0.354. The number of carbonyl (C=O) groups is 4. The van der Waals surface area contributed by atoms with Crippen LogP contribution in [0.5, 0.6) is 0 Å². The molecule has 0 aromatic heterocycles. The SMILES string of the molecule is CC(C)C[C@H](CO)N1C(=O)[C@H]2[C@@H]3C(=O)O[C@H](c4ccccc4)CNC(=O)CC/C=C\CN(c4ccc(Cl)cc4)C(=O)[C@H]1[C@@]21C=C[C@@H]3O1. The number of fused-ring (bicyclic) bond motifs is 2. The molecule has 7 atom stereocenters. The maximum Gasteiger partial charge on any atom is 0.313 e. The molecule has 0 unspecified atom stereocenters. The lowest BCUT2D eigenvalue weighted by molar-refractivity contribution is -0.160. The summed E-state index contributed by atoms with van der Waals surface area (Å²) in [6.45, 7) is 3.80. The lowest BCUT2D eigenvalue weighted by Gasteiger charge is -2.39. The van der Waals surface area contributed by atoms with Gasteiger partial charge in [-0.2, -0.15) is 0 Å². The zero-order valence-electron chi connectivity index (χ0n) is 26.5. The predicted molar refractivity (Wildman–Crippen MR) is 175 cm³/mol. The van der Waals surface area contributed by atoms with Crippen molar-refractivity contribution >= 4 is 41.0 Å². The van der Waals surface area contributed by atoms with E-state index in [9.17, 15) is 24.3 Å². The number of halogens is 1. The summed E-state index contributed by atoms with van der Waals surface area (Å²) in [6, 6.07) is 14.1. The number of amides is 3. The van der Waals surface area contributed by atoms with Crippen LogP contribution in [0, 0.1) is 17.8 Å². The van der Waals surface area contributed by atoms with E-state index in [1.165, 1.54) is 4.90 Å². The number of likely N-dealkylation sites (tertiary alicyclic amines) is 1. The second-order valence-corrected chi connectivity index (χ2v) is 13.4. The minimum Gasteiger partial charge on any atom is -0.455 e. The number of hydrogen-bond donors (Lipinski definition) is 2. The summed E-state index contributed by atoms with van der Waals surface area (Å²) in [7, 11) is 0. The smallest absolute Gasteiger partial charge is 0.313 e. The second-order valence-electron chi connectivity index (χ2n) is 13.0. The number of allylic oxidation sites excluding steroid dienone is 1. The molecule has 0 aliphatic carbocycles. The van der Waals surface area contributed by atoms with E-state index in [1.54, 1.807) is 41.3 Å². The number of benzene rings is 2. The molecule has 248 valence electrons. The zero-order valence-corrected chi connectivity index (χ0v) is 27.2. The van der Waals surface area contributed by atoms with Gasteiger partial charge in [-0.3, -0.25) is 19.2 Å². The van der Waals surface area contributed by atoms with E-state index in [0.717, 1.165) is 0 Å². The number of aliphatic hydroxyl groups excluding tert-OH is 1. The molecule has 0 radical (unpaired) electrons. The van der Waals surface area contributed by atoms with Gasteiger partial charge in [0.15, 0.2) is 0 Å². The Hall–Kier alpha value is -3.99. The Kier molecular flexibility index (Phi) is 9.55. The van der Waals surface area contributed by atoms with Gasteiger partial charge in [0, 0.05) is 23.7 Å². The molecule has 2 N–H and O–H groups in total. The van der Waals surface area contributed by atoms with Gasteiger partial charge < -0.3 is 29.7 Å². The Morgan fingerprint density at radius 2 is 1.77 bits per heavy atom. The van der Waals surface area contributed by atoms with Crippen molar-refractivity contribution in [3.05, 3.63) is 89.5 Å². The average Bonchev–Trinajstić information content (AvgIpc) is 3.71. The fraction of sp³-hybridized carbons (Fsp3) is 0.444. The Labute approximate surface area is 279 Å². The molecule has 6 rings (SSSR count). The molecule has 3 amide bonds. The highest BCUT2D eigenvalue weighted by atomic mass is 35.5. The normalized spacial score (nSPS) is 30.8. The van der Waals surface area contributed by atoms with Gasteiger partial charge in [-0.05, 0) is 48.6 Å². The van der Waals surface area contributed by atoms with Gasteiger partial charge in [-0.25, -0.2) is 0 Å². The topological polar surface area (TPSA) is 125 Å². The number of anilines is 1. The van der Waals surface area contributed by atoms with Crippen LogP contribution in [0.4, 0.5) is 5.69 Å². The van der Waals surface area contributed by atoms with Crippen LogP contribution >= 0.6 is 11.6 Å². The molecule has 47 heavy (non-hydrogen) atoms. The van der Waals surface area contributed by atoms with Crippen LogP contribution in [0.15, 0.2) is 78.9 Å². The third-order valence-corrected chi connectivity index (χ3v) is 9.73. The van der Waals surface area contributed by atoms with Gasteiger partial charge >= 0.3 is 5.97 Å². The van der Waals surface area contributed by atoms with E-state index in [1.807, 2.05) is 56.3 Å². The number of ether oxygens (including phenoxy) is 2. The van der Waals surface area contributed by atoms with E-state index in [4.69, 9.17) is 21.1 Å². The number of carbonyl (C=O) groups excluding carboxylic acids is 4. The molecule has 4 aliphatic rings. The van der Waals surface area contributed by atoms with Crippen molar-refractivity contribution in [1.82, 2.24) is 10.2 Å². The van der Waals surface area contributed by atoms with Gasteiger partial charge in [-0.1, -0.05) is 80.1 Å². The van der Waals surface area contributed by atoms with Crippen molar-refractivity contribution < 1.29 is 33.8 Å². The summed E-state index contributed by atoms with van der Waals surface area (Å²) in [5.41, 5.74) is -0.211. The minimum atomic E-state index is -1.45. The van der Waals surface area contributed by atoms with E-state index >= 15 is 0 Å². The van der Waals surface area contributed by atoms with Gasteiger partial charge in [0.25, 0.3) is 5.91 Å². The van der Waals surface area contributed by atoms with Crippen LogP contribution in [0.2, 0.25) is 5.02 Å². The molecule has 10 nitrogen and oxygen atoms in total. The molecular formula is C36H40ClN3O7. The molecule has 2 aromatic rings. The van der Waals surface area contributed by atoms with E-state index in [-0.39, 0.29) is 37.9 Å². The Morgan fingerprint density at radius 1 is 1.02 bits per heavy atom. The standard InChI is InChI=1S/C36H40ClN3O7/c1-22(2)19-26(21-41)40-32-34(44)39(25-14-12-24(37)13-15-25)18-8-4-7-11-29(42)38-20-28(23-9-5-3-6-10-23)46-35(45)30-27-16-17-36(32,47-27)31(30)33(40)43/h3-6,8-10,12-17,22,26-28,30-32,41H,7,11,18-21H2,1-2H3,(H,38,42)/b8-4-/t26-,27+,28+,30-,31-,32+,36-/m1/s1. The highest BCUT2D eigenvalue weighted by Gasteiger charge is 2.74. The molecule has 2 aromatic carbocycles. The minimum absolute atomic E-state index is 0.0503. The number of rotatable bonds is 6. The second kappa shape index (κ2) is 13.6. The Balaban J connectivity index is 1.46. The first kappa shape index (κ1) is 32.9. The Bertz CT molecular complexity index is 1560. The number of nitrogens with one attached hydrogen (secondary N) is 1. The van der Waals surface area contributed by atoms with E-state index in [2.05, 4.69) is 5.32 Å². The molecule has 1 spiro atoms. The Morgan fingerprint density at radius 3 is 2.47 bits per heavy atom. The molecule has 4 heterocycles. The monoisotopic (exact) mass is 661 g/mol. The molecule has 0 saturated carbocycles. The van der Waals surface area contributed by atoms with Crippen molar-refractivity contribution in [3.8, 4) is 0 Å². The van der Waals surface area contributed by atoms with Crippen LogP contribution in [-0.4, -0.2) is 77.2 Å². The first-order chi connectivity index (χ1) is 22.6. The van der Waals surface area contributed by atoms with Crippen molar-refractivity contribution in [2.24, 2.45) is 17.8 Å². The molecule has 2 saturated heterocycles. The van der Waals surface area contributed by atoms with Crippen molar-refractivity contribution in [2.75, 3.05) is 24.6 Å². The molecular weight excluding hydrogens is 622 g/mol. The van der Waals surface area contributed by atoms with Crippen LogP contribution in [0.25, 0.3) is 0 Å². The highest BCUT2D eigenvalue weighted by Crippen LogP contribution is 2.56. The summed E-state index contributed by atoms with van der Waals surface area (Å²) < 4.78 is 12.6. The summed E-state index contributed by atoms with van der Waals surface area (Å²) in [4.78, 5) is 59.5. The molecule has 11 heteroatoms. The largest absolute Gasteiger partial charge is 0.455 e. The van der Waals surface area contributed by atoms with E-state index < -0.39 is 59.5 Å². The molecule has 2 fully saturated rings. The lowest BCUT2D eigenvalue weighted by atomic mass is 9.74. The maximum absolute atomic E-state index is 14.9. The highest BCUT2D eigenvalue weighted by molar-refractivity contribution is 6.30. The average molecular weight is 662 g/mol. The third-order valence-electron chi connectivity index (χ3n) is 9.48. The summed E-state index contributed by atoms with van der Waals surface area (Å²) >= 11 is 6.19. The number of hydrogen-bond acceptors (Lipinski definition) is 7. The summed E-state index contributed by atoms with van der Waals surface area (Å²) in [5.74, 6) is -3.70. The van der Waals surface area contributed by atoms with Crippen LogP contribution in [0.1, 0.15) is 44.8 Å². The molecule has 4 aliphatic heterocycles. The lowest BCUT2D eigenvalue weighted by Crippen LogP contribution is -2.59. The van der Waals surface area contributed by atoms with Crippen molar-refractivity contribution in [3.63, 3.8) is 0 Å². The van der Waals surface area contributed by atoms with Gasteiger partial charge in [0.1, 0.15) is 23.7 Å². The number of nitrogens with zero attached hydrogens (tertiary/aromatic N) is 2. The summed E-state index contributed by atoms with van der Waals surface area (Å²) in [6.07, 6.45) is 6.59. The fourth-order valence-electron chi connectivity index (χ4n) is 7.38. The van der Waals surface area contributed by atoms with Gasteiger partial charge in [-0.15, -0.1) is 0 Å². The van der Waals surface area contributed by atoms with Crippen molar-refractivity contribution in [2.45, 2.75) is 63.0 Å². The number of aliphatic hydroxyl groups is 1. The van der Waals surface area contributed by atoms with E-state index in [0.29, 0.717) is 29.1 Å². The molecule has 5 bridgehead atoms. The fourth-order valence-corrected chi connectivity index (χ4v) is 7.51. The van der Waals surface area contributed by atoms with Gasteiger partial charge in [0.05, 0.1) is 31.2 Å². The predicted octanol–water partition coefficient (Wildman–Crippen LogP) is 3.98. The van der Waals surface area contributed by atoms with Crippen LogP contribution < -0.4 is 10.2 Å². The van der Waals surface area contributed by atoms with Crippen LogP contribution in [-0.2, 0) is 28.7 Å². The first-order valence-corrected chi connectivity index (χ1v) is 16.6. The first-order valence-electron chi connectivity index (χ1n) is 16.2. The van der Waals surface area contributed by atoms with Gasteiger partial charge in [0.2, 0.25) is 11.8 Å². The number of cyclic esters (lactones) is 1. The summed E-state index contributed by atoms with van der Waals surface area (Å²) in [5, 5.41) is 14.0. The zero-order chi connectivity index (χ0) is 33.3. The maximum atomic E-state index is 14.9. The number of esters is 1. The third kappa shape index (κ3) is 6.22. The van der Waals surface area contributed by atoms with Crippen LogP contribution in [0.3, 0.4) is 0 Å². The van der Waals surface area contributed by atoms with Crippen molar-refractivity contribution in [1.29, 1.82) is 0 Å².